The zero-order valence-electron chi connectivity index (χ0n) is 21.0. The Kier molecular flexibility index (Phi) is 6.23. The predicted octanol–water partition coefficient (Wildman–Crippen LogP) is 3.27. The Labute approximate surface area is 212 Å². The molecule has 3 saturated carbocycles. The lowest BCUT2D eigenvalue weighted by molar-refractivity contribution is -0.194. The fraction of sp³-hybridized carbons (Fsp3) is 0.533. The Morgan fingerprint density at radius 1 is 1.22 bits per heavy atom. The highest BCUT2D eigenvalue weighted by molar-refractivity contribution is 6.01. The third-order valence-electron chi connectivity index (χ3n) is 9.90. The molecular weight excluding hydrogens is 456 g/mol. The molecule has 0 heterocycles. The average Bonchev–Trinajstić information content (AvgIpc) is 3.09. The number of ketones is 2. The molecule has 0 amide bonds. The first-order chi connectivity index (χ1) is 17.1. The van der Waals surface area contributed by atoms with Gasteiger partial charge in [0.2, 0.25) is 0 Å². The number of aliphatic hydroxyl groups excluding tert-OH is 2. The summed E-state index contributed by atoms with van der Waals surface area (Å²) >= 11 is 0. The van der Waals surface area contributed by atoms with Crippen LogP contribution in [0.2, 0.25) is 0 Å². The van der Waals surface area contributed by atoms with Crippen LogP contribution in [-0.2, 0) is 14.3 Å². The van der Waals surface area contributed by atoms with Crippen LogP contribution in [0.4, 0.5) is 0 Å². The highest BCUT2D eigenvalue weighted by Crippen LogP contribution is 2.67. The molecule has 0 saturated heterocycles. The molecule has 36 heavy (non-hydrogen) atoms. The third-order valence-corrected chi connectivity index (χ3v) is 9.90. The van der Waals surface area contributed by atoms with Crippen molar-refractivity contribution in [3.8, 4) is 0 Å². The summed E-state index contributed by atoms with van der Waals surface area (Å²) < 4.78 is 6.24. The van der Waals surface area contributed by atoms with Gasteiger partial charge in [0.05, 0.1) is 18.8 Å². The first-order valence-electron chi connectivity index (χ1n) is 12.9. The van der Waals surface area contributed by atoms with Crippen molar-refractivity contribution in [2.45, 2.75) is 57.3 Å². The summed E-state index contributed by atoms with van der Waals surface area (Å²) in [4.78, 5) is 25.2. The summed E-state index contributed by atoms with van der Waals surface area (Å²) in [5.74, 6) is -0.883. The summed E-state index contributed by atoms with van der Waals surface area (Å²) in [6.07, 6.45) is 5.78. The van der Waals surface area contributed by atoms with Gasteiger partial charge < -0.3 is 20.1 Å². The van der Waals surface area contributed by atoms with Gasteiger partial charge in [-0.05, 0) is 60.8 Å². The number of rotatable bonds is 6. The third kappa shape index (κ3) is 3.53. The molecule has 1 aromatic rings. The van der Waals surface area contributed by atoms with Crippen LogP contribution in [0.25, 0.3) is 5.57 Å². The number of Topliss-reactive ketones (excluding diaryl/α,β-unsaturated/α-hetero) is 1. The quantitative estimate of drug-likeness (QED) is 0.563. The molecule has 1 aromatic carbocycles. The van der Waals surface area contributed by atoms with E-state index in [4.69, 9.17) is 4.74 Å². The van der Waals surface area contributed by atoms with Gasteiger partial charge in [-0.1, -0.05) is 62.4 Å². The molecule has 5 rings (SSSR count). The zero-order valence-corrected chi connectivity index (χ0v) is 21.0. The maximum Gasteiger partial charge on any atom is 0.192 e. The van der Waals surface area contributed by atoms with Crippen molar-refractivity contribution < 1.29 is 29.6 Å². The van der Waals surface area contributed by atoms with Crippen molar-refractivity contribution in [3.63, 3.8) is 0 Å². The molecule has 0 radical (unpaired) electrons. The lowest BCUT2D eigenvalue weighted by Crippen LogP contribution is -2.64. The average molecular weight is 493 g/mol. The Balaban J connectivity index is 1.48. The molecule has 0 aliphatic heterocycles. The summed E-state index contributed by atoms with van der Waals surface area (Å²) in [5.41, 5.74) is -0.625. The number of ether oxygens (including phenoxy) is 1. The zero-order chi connectivity index (χ0) is 25.9. The van der Waals surface area contributed by atoms with E-state index in [1.165, 1.54) is 0 Å². The Morgan fingerprint density at radius 2 is 1.94 bits per heavy atom. The molecule has 0 spiro atoms. The lowest BCUT2D eigenvalue weighted by Gasteiger charge is -2.59. The number of allylic oxidation sites excluding steroid dienone is 4. The monoisotopic (exact) mass is 492 g/mol. The van der Waals surface area contributed by atoms with Gasteiger partial charge in [-0.15, -0.1) is 0 Å². The number of fused-ring (bicyclic) bond motifs is 5. The molecular formula is C30H36O6. The van der Waals surface area contributed by atoms with Crippen LogP contribution in [0.15, 0.2) is 60.7 Å². The maximum atomic E-state index is 13.2. The first kappa shape index (κ1) is 25.3. The standard InChI is InChI=1S/C30H36O6/c1-18(19-7-5-4-6-8-19)17-36-26-14-23-22-10-9-20-13-21(32)11-12-28(20,2)27(22)24(33)15-29(23,3)30(26,35)25(34)16-31/h4-8,11-13,22-24,26-27,31,33,35H,1,9-10,14-17H2,2-3H3/t22-,23-,24-,26+,27+,28-,29-,30+/m0/s1. The second-order valence-electron chi connectivity index (χ2n) is 11.6. The van der Waals surface area contributed by atoms with Gasteiger partial charge >= 0.3 is 0 Å². The van der Waals surface area contributed by atoms with Crippen molar-refractivity contribution in [1.29, 1.82) is 0 Å². The van der Waals surface area contributed by atoms with E-state index in [0.29, 0.717) is 6.42 Å². The van der Waals surface area contributed by atoms with Gasteiger partial charge in [-0.3, -0.25) is 9.59 Å². The normalized spacial score (nSPS) is 41.2. The highest BCUT2D eigenvalue weighted by Gasteiger charge is 2.71. The van der Waals surface area contributed by atoms with E-state index in [-0.39, 0.29) is 36.6 Å². The molecule has 4 aliphatic carbocycles. The Bertz CT molecular complexity index is 1140. The topological polar surface area (TPSA) is 104 Å². The second-order valence-corrected chi connectivity index (χ2v) is 11.6. The van der Waals surface area contributed by atoms with Gasteiger partial charge in [-0.25, -0.2) is 0 Å². The van der Waals surface area contributed by atoms with E-state index in [9.17, 15) is 24.9 Å². The van der Waals surface area contributed by atoms with Gasteiger partial charge in [0, 0.05) is 16.7 Å². The van der Waals surface area contributed by atoms with Crippen molar-refractivity contribution >= 4 is 17.1 Å². The van der Waals surface area contributed by atoms with Crippen molar-refractivity contribution in [3.05, 3.63) is 66.3 Å². The smallest absolute Gasteiger partial charge is 0.192 e. The molecule has 3 N–H and O–H groups in total. The molecule has 4 aliphatic rings. The van der Waals surface area contributed by atoms with Crippen LogP contribution in [0.3, 0.4) is 0 Å². The van der Waals surface area contributed by atoms with E-state index >= 15 is 0 Å². The highest BCUT2D eigenvalue weighted by atomic mass is 16.5. The fourth-order valence-electron chi connectivity index (χ4n) is 8.08. The van der Waals surface area contributed by atoms with E-state index in [2.05, 4.69) is 13.5 Å². The van der Waals surface area contributed by atoms with E-state index in [1.807, 2.05) is 43.3 Å². The molecule has 6 nitrogen and oxygen atoms in total. The molecule has 8 atom stereocenters. The predicted molar refractivity (Wildman–Crippen MR) is 136 cm³/mol. The minimum Gasteiger partial charge on any atom is -0.393 e. The Hall–Kier alpha value is -2.38. The summed E-state index contributed by atoms with van der Waals surface area (Å²) in [7, 11) is 0. The van der Waals surface area contributed by atoms with Crippen molar-refractivity contribution in [1.82, 2.24) is 0 Å². The molecule has 6 heteroatoms. The largest absolute Gasteiger partial charge is 0.393 e. The van der Waals surface area contributed by atoms with Crippen LogP contribution in [-0.4, -0.2) is 57.9 Å². The first-order valence-corrected chi connectivity index (χ1v) is 12.9. The SMILES string of the molecule is C=C(CO[C@@H]1C[C@H]2[C@@H]3CCC4=CC(=O)C=C[C@]4(C)[C@H]3[C@@H](O)C[C@]2(C)[C@@]1(O)C(=O)CO)c1ccccc1. The lowest BCUT2D eigenvalue weighted by atomic mass is 9.46. The summed E-state index contributed by atoms with van der Waals surface area (Å²) in [5, 5.41) is 33.5. The van der Waals surface area contributed by atoms with Gasteiger partial charge in [0.25, 0.3) is 0 Å². The number of aliphatic hydroxyl groups is 3. The maximum absolute atomic E-state index is 13.2. The molecule has 0 bridgehead atoms. The van der Waals surface area contributed by atoms with E-state index in [0.717, 1.165) is 29.6 Å². The fourth-order valence-corrected chi connectivity index (χ4v) is 8.08. The van der Waals surface area contributed by atoms with Crippen LogP contribution in [0.5, 0.6) is 0 Å². The number of hydrogen-bond acceptors (Lipinski definition) is 6. The summed E-state index contributed by atoms with van der Waals surface area (Å²) in [6, 6.07) is 9.62. The number of benzene rings is 1. The van der Waals surface area contributed by atoms with E-state index in [1.54, 1.807) is 12.2 Å². The molecule has 0 unspecified atom stereocenters. The van der Waals surface area contributed by atoms with E-state index < -0.39 is 41.0 Å². The number of hydrogen-bond donors (Lipinski definition) is 3. The van der Waals surface area contributed by atoms with Crippen LogP contribution in [0, 0.1) is 28.6 Å². The van der Waals surface area contributed by atoms with Crippen molar-refractivity contribution in [2.75, 3.05) is 13.2 Å². The Morgan fingerprint density at radius 3 is 2.64 bits per heavy atom. The van der Waals surface area contributed by atoms with Gasteiger partial charge in [0.15, 0.2) is 17.2 Å². The molecule has 0 aromatic heterocycles. The minimum atomic E-state index is -1.93. The van der Waals surface area contributed by atoms with Crippen LogP contribution >= 0.6 is 0 Å². The van der Waals surface area contributed by atoms with Gasteiger partial charge in [-0.2, -0.15) is 0 Å². The van der Waals surface area contributed by atoms with Crippen LogP contribution in [0.1, 0.15) is 45.1 Å². The summed E-state index contributed by atoms with van der Waals surface area (Å²) in [6.45, 7) is 7.43. The number of carbonyl (C=O) groups is 2. The molecule has 3 fully saturated rings. The van der Waals surface area contributed by atoms with Crippen LogP contribution < -0.4 is 0 Å². The minimum absolute atomic E-state index is 0.0213. The number of carbonyl (C=O) groups excluding carboxylic acids is 2. The molecule has 192 valence electrons. The van der Waals surface area contributed by atoms with Gasteiger partial charge in [0.1, 0.15) is 6.61 Å². The van der Waals surface area contributed by atoms with Crippen molar-refractivity contribution in [2.24, 2.45) is 28.6 Å². The second kappa shape index (κ2) is 8.88.